The van der Waals surface area contributed by atoms with E-state index in [2.05, 4.69) is 20.6 Å². The number of nitrogens with zero attached hydrogens (tertiary/aromatic N) is 4. The number of urea groups is 1. The van der Waals surface area contributed by atoms with Gasteiger partial charge in [0.1, 0.15) is 24.2 Å². The Morgan fingerprint density at radius 3 is 2.73 bits per heavy atom. The van der Waals surface area contributed by atoms with Gasteiger partial charge in [-0.1, -0.05) is 12.1 Å². The SMILES string of the molecule is CC1(C2CC2)NC(=O)N(CC(=O)Nc2ccc(-n3cnc4ccccc43)nc2)C1=O. The minimum atomic E-state index is -0.895. The number of amides is 4. The van der Waals surface area contributed by atoms with E-state index in [0.29, 0.717) is 11.5 Å². The molecule has 9 nitrogen and oxygen atoms in total. The molecule has 4 amide bonds. The third-order valence-corrected chi connectivity index (χ3v) is 5.73. The normalized spacial score (nSPS) is 21.2. The van der Waals surface area contributed by atoms with E-state index in [1.54, 1.807) is 25.4 Å². The van der Waals surface area contributed by atoms with Crippen molar-refractivity contribution in [2.75, 3.05) is 11.9 Å². The molecule has 152 valence electrons. The summed E-state index contributed by atoms with van der Waals surface area (Å²) < 4.78 is 1.85. The second kappa shape index (κ2) is 6.65. The number of benzene rings is 1. The number of imide groups is 1. The summed E-state index contributed by atoms with van der Waals surface area (Å²) in [7, 11) is 0. The first-order chi connectivity index (χ1) is 14.5. The first-order valence-corrected chi connectivity index (χ1v) is 9.78. The number of para-hydroxylation sites is 2. The summed E-state index contributed by atoms with van der Waals surface area (Å²) in [5, 5.41) is 5.43. The molecule has 0 bridgehead atoms. The molecule has 1 aromatic carbocycles. The lowest BCUT2D eigenvalue weighted by Gasteiger charge is -2.20. The molecule has 2 N–H and O–H groups in total. The third-order valence-electron chi connectivity index (χ3n) is 5.73. The van der Waals surface area contributed by atoms with Crippen LogP contribution in [0, 0.1) is 5.92 Å². The molecule has 2 aromatic heterocycles. The predicted molar refractivity (Wildman–Crippen MR) is 109 cm³/mol. The lowest BCUT2D eigenvalue weighted by Crippen LogP contribution is -2.46. The van der Waals surface area contributed by atoms with Crippen LogP contribution >= 0.6 is 0 Å². The minimum Gasteiger partial charge on any atom is -0.323 e. The Bertz CT molecular complexity index is 1170. The first-order valence-electron chi connectivity index (χ1n) is 9.78. The van der Waals surface area contributed by atoms with E-state index in [9.17, 15) is 14.4 Å². The summed E-state index contributed by atoms with van der Waals surface area (Å²) >= 11 is 0. The Balaban J connectivity index is 1.27. The molecule has 1 aliphatic heterocycles. The Kier molecular flexibility index (Phi) is 4.05. The van der Waals surface area contributed by atoms with Gasteiger partial charge in [-0.2, -0.15) is 0 Å². The molecule has 1 aliphatic carbocycles. The lowest BCUT2D eigenvalue weighted by atomic mass is 9.96. The molecule has 30 heavy (non-hydrogen) atoms. The zero-order valence-electron chi connectivity index (χ0n) is 16.3. The maximum atomic E-state index is 12.6. The summed E-state index contributed by atoms with van der Waals surface area (Å²) in [4.78, 5) is 47.0. The van der Waals surface area contributed by atoms with Crippen molar-refractivity contribution in [3.8, 4) is 5.82 Å². The molecule has 1 saturated carbocycles. The standard InChI is InChI=1S/C21H20N6O3/c1-21(13-6-7-13)19(29)26(20(30)25-21)11-18(28)24-14-8-9-17(22-10-14)27-12-23-15-4-2-3-5-16(15)27/h2-5,8-10,12-13H,6-7,11H2,1H3,(H,24,28)(H,25,30). The van der Waals surface area contributed by atoms with Crippen molar-refractivity contribution in [1.29, 1.82) is 0 Å². The highest BCUT2D eigenvalue weighted by Crippen LogP contribution is 2.42. The number of rotatable bonds is 5. The number of fused-ring (bicyclic) bond motifs is 1. The topological polar surface area (TPSA) is 109 Å². The number of hydrogen-bond donors (Lipinski definition) is 2. The molecule has 0 radical (unpaired) electrons. The molecule has 1 atom stereocenters. The Hall–Kier alpha value is -3.75. The van der Waals surface area contributed by atoms with Crippen LogP contribution < -0.4 is 10.6 Å². The van der Waals surface area contributed by atoms with Crippen molar-refractivity contribution in [1.82, 2.24) is 24.8 Å². The highest BCUT2D eigenvalue weighted by molar-refractivity contribution is 6.10. The number of carbonyl (C=O) groups is 3. The van der Waals surface area contributed by atoms with Crippen LogP contribution in [0.3, 0.4) is 0 Å². The summed E-state index contributed by atoms with van der Waals surface area (Å²) in [6.07, 6.45) is 5.04. The fourth-order valence-electron chi connectivity index (χ4n) is 3.89. The minimum absolute atomic E-state index is 0.151. The van der Waals surface area contributed by atoms with Crippen LogP contribution in [0.1, 0.15) is 19.8 Å². The van der Waals surface area contributed by atoms with Crippen LogP contribution in [0.15, 0.2) is 48.9 Å². The van der Waals surface area contributed by atoms with Crippen LogP contribution in [0.25, 0.3) is 16.9 Å². The van der Waals surface area contributed by atoms with E-state index < -0.39 is 17.5 Å². The maximum absolute atomic E-state index is 12.6. The summed E-state index contributed by atoms with van der Waals surface area (Å²) in [6.45, 7) is 1.39. The smallest absolute Gasteiger partial charge is 0.323 e. The zero-order chi connectivity index (χ0) is 20.9. The Labute approximate surface area is 172 Å². The van der Waals surface area contributed by atoms with Crippen molar-refractivity contribution in [3.63, 3.8) is 0 Å². The average Bonchev–Trinajstić information content (AvgIpc) is 3.48. The highest BCUT2D eigenvalue weighted by atomic mass is 16.2. The molecule has 5 rings (SSSR count). The van der Waals surface area contributed by atoms with E-state index in [4.69, 9.17) is 0 Å². The Morgan fingerprint density at radius 1 is 1.20 bits per heavy atom. The van der Waals surface area contributed by atoms with E-state index in [-0.39, 0.29) is 18.4 Å². The molecule has 0 spiro atoms. The second-order valence-corrected chi connectivity index (χ2v) is 7.85. The van der Waals surface area contributed by atoms with Gasteiger partial charge in [-0.25, -0.2) is 14.8 Å². The molecule has 3 heterocycles. The fourth-order valence-corrected chi connectivity index (χ4v) is 3.89. The summed E-state index contributed by atoms with van der Waals surface area (Å²) in [6, 6.07) is 10.7. The second-order valence-electron chi connectivity index (χ2n) is 7.85. The van der Waals surface area contributed by atoms with Crippen LogP contribution in [0.2, 0.25) is 0 Å². The molecule has 2 aliphatic rings. The molecular weight excluding hydrogens is 384 g/mol. The van der Waals surface area contributed by atoms with Crippen molar-refractivity contribution in [3.05, 3.63) is 48.9 Å². The van der Waals surface area contributed by atoms with Crippen LogP contribution in [0.5, 0.6) is 0 Å². The van der Waals surface area contributed by atoms with E-state index in [0.717, 1.165) is 28.8 Å². The van der Waals surface area contributed by atoms with Gasteiger partial charge in [-0.15, -0.1) is 0 Å². The van der Waals surface area contributed by atoms with Gasteiger partial charge in [0.05, 0.1) is 22.9 Å². The Morgan fingerprint density at radius 2 is 2.00 bits per heavy atom. The number of carbonyl (C=O) groups excluding carboxylic acids is 3. The fraction of sp³-hybridized carbons (Fsp3) is 0.286. The van der Waals surface area contributed by atoms with E-state index >= 15 is 0 Å². The number of pyridine rings is 1. The molecule has 1 unspecified atom stereocenters. The maximum Gasteiger partial charge on any atom is 0.325 e. The summed E-state index contributed by atoms with van der Waals surface area (Å²) in [5.41, 5.74) is 1.38. The van der Waals surface area contributed by atoms with E-state index in [1.807, 2.05) is 28.8 Å². The number of hydrogen-bond acceptors (Lipinski definition) is 5. The largest absolute Gasteiger partial charge is 0.325 e. The van der Waals surface area contributed by atoms with Gasteiger partial charge < -0.3 is 10.6 Å². The summed E-state index contributed by atoms with van der Waals surface area (Å²) in [5.74, 6) is 0.0146. The molecule has 1 saturated heterocycles. The molecule has 9 heteroatoms. The molecular formula is C21H20N6O3. The highest BCUT2D eigenvalue weighted by Gasteiger charge is 2.56. The van der Waals surface area contributed by atoms with Crippen molar-refractivity contribution in [2.45, 2.75) is 25.3 Å². The van der Waals surface area contributed by atoms with Crippen molar-refractivity contribution in [2.24, 2.45) is 5.92 Å². The van der Waals surface area contributed by atoms with Crippen LogP contribution in [-0.2, 0) is 9.59 Å². The average molecular weight is 404 g/mol. The zero-order valence-corrected chi connectivity index (χ0v) is 16.3. The quantitative estimate of drug-likeness (QED) is 0.633. The number of aromatic nitrogens is 3. The van der Waals surface area contributed by atoms with Crippen molar-refractivity contribution < 1.29 is 14.4 Å². The third kappa shape index (κ3) is 2.99. The van der Waals surface area contributed by atoms with Gasteiger partial charge in [-0.3, -0.25) is 19.1 Å². The predicted octanol–water partition coefficient (Wildman–Crippen LogP) is 2.08. The number of nitrogens with one attached hydrogen (secondary N) is 2. The van der Waals surface area contributed by atoms with Gasteiger partial charge in [0.2, 0.25) is 5.91 Å². The van der Waals surface area contributed by atoms with Gasteiger partial charge in [0.15, 0.2) is 0 Å². The monoisotopic (exact) mass is 404 g/mol. The molecule has 3 aromatic rings. The van der Waals surface area contributed by atoms with Gasteiger partial charge in [-0.05, 0) is 49.9 Å². The van der Waals surface area contributed by atoms with Crippen LogP contribution in [-0.4, -0.2) is 49.4 Å². The number of anilines is 1. The molecule has 2 fully saturated rings. The van der Waals surface area contributed by atoms with Crippen molar-refractivity contribution >= 4 is 34.6 Å². The van der Waals surface area contributed by atoms with Gasteiger partial charge in [0.25, 0.3) is 5.91 Å². The first kappa shape index (κ1) is 18.3. The van der Waals surface area contributed by atoms with E-state index in [1.165, 1.54) is 6.20 Å². The van der Waals surface area contributed by atoms with Crippen LogP contribution in [0.4, 0.5) is 10.5 Å². The number of imidazole rings is 1. The van der Waals surface area contributed by atoms with Gasteiger partial charge >= 0.3 is 6.03 Å². The van der Waals surface area contributed by atoms with Gasteiger partial charge in [0, 0.05) is 0 Å². The lowest BCUT2D eigenvalue weighted by molar-refractivity contribution is -0.134.